The van der Waals surface area contributed by atoms with E-state index < -0.39 is 29.8 Å². The molecule has 2 N–H and O–H groups in total. The molecule has 190 valence electrons. The highest BCUT2D eigenvalue weighted by atomic mass is 19.3. The summed E-state index contributed by atoms with van der Waals surface area (Å²) in [6.45, 7) is 1.95. The third kappa shape index (κ3) is 4.14. The summed E-state index contributed by atoms with van der Waals surface area (Å²) >= 11 is 0. The molecule has 37 heavy (non-hydrogen) atoms. The van der Waals surface area contributed by atoms with Gasteiger partial charge in [-0.1, -0.05) is 35.9 Å². The maximum atomic E-state index is 13.7. The zero-order chi connectivity index (χ0) is 25.9. The highest BCUT2D eigenvalue weighted by Gasteiger charge is 2.53. The normalized spacial score (nSPS) is 21.9. The molecule has 9 heteroatoms. The van der Waals surface area contributed by atoms with Crippen LogP contribution in [0.15, 0.2) is 60.7 Å². The first-order valence-electron chi connectivity index (χ1n) is 12.0. The number of alkyl halides is 2. The molecule has 0 radical (unpaired) electrons. The van der Waals surface area contributed by atoms with Crippen molar-refractivity contribution in [2.24, 2.45) is 0 Å². The van der Waals surface area contributed by atoms with Crippen molar-refractivity contribution in [2.45, 2.75) is 50.0 Å². The lowest BCUT2D eigenvalue weighted by molar-refractivity contribution is -0.286. The van der Waals surface area contributed by atoms with Gasteiger partial charge in [0, 0.05) is 12.0 Å². The number of fused-ring (bicyclic) bond motifs is 2. The van der Waals surface area contributed by atoms with Crippen molar-refractivity contribution in [3.8, 4) is 17.2 Å². The Morgan fingerprint density at radius 2 is 1.73 bits per heavy atom. The number of carboxylic acid groups (broad SMARTS) is 1. The van der Waals surface area contributed by atoms with E-state index in [2.05, 4.69) is 14.8 Å². The Hall–Kier alpha value is -4.14. The van der Waals surface area contributed by atoms with Gasteiger partial charge in [-0.2, -0.15) is 0 Å². The second-order valence-electron chi connectivity index (χ2n) is 9.75. The lowest BCUT2D eigenvalue weighted by Crippen LogP contribution is -2.39. The van der Waals surface area contributed by atoms with Gasteiger partial charge in [0.2, 0.25) is 5.91 Å². The molecule has 0 spiro atoms. The molecule has 0 saturated heterocycles. The van der Waals surface area contributed by atoms with E-state index in [0.717, 1.165) is 11.1 Å². The molecule has 2 aliphatic heterocycles. The average Bonchev–Trinajstić information content (AvgIpc) is 3.61. The van der Waals surface area contributed by atoms with Gasteiger partial charge in [-0.25, -0.2) is 4.79 Å². The van der Waals surface area contributed by atoms with Gasteiger partial charge >= 0.3 is 12.3 Å². The Kier molecular flexibility index (Phi) is 5.15. The third-order valence-corrected chi connectivity index (χ3v) is 7.21. The molecule has 3 aromatic rings. The Balaban J connectivity index is 1.29. The first-order chi connectivity index (χ1) is 17.6. The number of benzene rings is 3. The first kappa shape index (κ1) is 23.3. The number of aromatic carboxylic acids is 1. The van der Waals surface area contributed by atoms with E-state index in [1.165, 1.54) is 18.2 Å². The van der Waals surface area contributed by atoms with Crippen molar-refractivity contribution in [2.75, 3.05) is 0 Å². The predicted molar refractivity (Wildman–Crippen MR) is 127 cm³/mol. The number of aryl methyl sites for hydroxylation is 1. The van der Waals surface area contributed by atoms with Crippen molar-refractivity contribution in [1.29, 1.82) is 0 Å². The van der Waals surface area contributed by atoms with E-state index in [9.17, 15) is 23.5 Å². The maximum Gasteiger partial charge on any atom is 0.586 e. The van der Waals surface area contributed by atoms with Crippen LogP contribution in [0, 0.1) is 6.92 Å². The van der Waals surface area contributed by atoms with Gasteiger partial charge in [0.1, 0.15) is 11.9 Å². The van der Waals surface area contributed by atoms with Crippen LogP contribution in [-0.2, 0) is 10.2 Å². The van der Waals surface area contributed by atoms with Crippen LogP contribution in [0.2, 0.25) is 0 Å². The highest BCUT2D eigenvalue weighted by Crippen LogP contribution is 2.52. The number of halogens is 2. The number of hydrogen-bond donors (Lipinski definition) is 2. The summed E-state index contributed by atoms with van der Waals surface area (Å²) in [5, 5.41) is 12.6. The van der Waals surface area contributed by atoms with Crippen molar-refractivity contribution < 1.29 is 37.7 Å². The minimum Gasteiger partial charge on any atom is -0.485 e. The zero-order valence-corrected chi connectivity index (χ0v) is 19.8. The molecule has 1 fully saturated rings. The molecule has 1 saturated carbocycles. The standard InChI is InChI=1S/C28H23F2NO6/c1-15-5-7-21-19(11-15)20(14-23(35-21)16-3-2-4-17(12-16)25(32)33)31-26(34)27(9-10-27)18-6-8-22-24(13-18)37-28(29,30)36-22/h2-8,11-13,20,23H,9-10,14H2,1H3,(H,31,34)(H,32,33)/t20-,23-/m1/s1. The molecular formula is C28H23F2NO6. The van der Waals surface area contributed by atoms with Crippen LogP contribution in [0.4, 0.5) is 8.78 Å². The molecule has 2 atom stereocenters. The Labute approximate surface area is 211 Å². The van der Waals surface area contributed by atoms with Crippen LogP contribution in [0.1, 0.15) is 64.0 Å². The van der Waals surface area contributed by atoms with E-state index in [-0.39, 0.29) is 23.0 Å². The van der Waals surface area contributed by atoms with Crippen LogP contribution in [0.25, 0.3) is 0 Å². The van der Waals surface area contributed by atoms with E-state index in [1.54, 1.807) is 24.3 Å². The first-order valence-corrected chi connectivity index (χ1v) is 12.0. The van der Waals surface area contributed by atoms with Crippen molar-refractivity contribution in [1.82, 2.24) is 5.32 Å². The molecule has 1 amide bonds. The summed E-state index contributed by atoms with van der Waals surface area (Å²) in [5.74, 6) is -0.786. The molecule has 0 aromatic heterocycles. The summed E-state index contributed by atoms with van der Waals surface area (Å²) < 4.78 is 42.3. The van der Waals surface area contributed by atoms with Crippen LogP contribution < -0.4 is 19.5 Å². The van der Waals surface area contributed by atoms with Crippen molar-refractivity contribution >= 4 is 11.9 Å². The molecule has 0 unspecified atom stereocenters. The van der Waals surface area contributed by atoms with Gasteiger partial charge in [0.05, 0.1) is 17.0 Å². The fraction of sp³-hybridized carbons (Fsp3) is 0.286. The molecule has 7 nitrogen and oxygen atoms in total. The number of rotatable bonds is 5. The number of nitrogens with one attached hydrogen (secondary N) is 1. The summed E-state index contributed by atoms with van der Waals surface area (Å²) in [4.78, 5) is 25.1. The molecular weight excluding hydrogens is 484 g/mol. The zero-order valence-electron chi connectivity index (χ0n) is 19.8. The molecule has 0 bridgehead atoms. The summed E-state index contributed by atoms with van der Waals surface area (Å²) in [7, 11) is 0. The minimum atomic E-state index is -3.73. The fourth-order valence-electron chi connectivity index (χ4n) is 5.12. The van der Waals surface area contributed by atoms with Gasteiger partial charge in [-0.3, -0.25) is 4.79 Å². The number of ether oxygens (including phenoxy) is 3. The van der Waals surface area contributed by atoms with Gasteiger partial charge in [0.15, 0.2) is 11.5 Å². The quantitative estimate of drug-likeness (QED) is 0.479. The lowest BCUT2D eigenvalue weighted by atomic mass is 9.89. The topological polar surface area (TPSA) is 94.1 Å². The van der Waals surface area contributed by atoms with Crippen molar-refractivity contribution in [3.05, 3.63) is 88.5 Å². The molecule has 3 aromatic carbocycles. The van der Waals surface area contributed by atoms with E-state index in [4.69, 9.17) is 4.74 Å². The monoisotopic (exact) mass is 507 g/mol. The van der Waals surface area contributed by atoms with Crippen molar-refractivity contribution in [3.63, 3.8) is 0 Å². The SMILES string of the molecule is Cc1ccc2c(c1)[C@H](NC(=O)C1(c3ccc4c(c3)OC(F)(F)O4)CC1)C[C@H](c1cccc(C(=O)O)c1)O2. The predicted octanol–water partition coefficient (Wildman–Crippen LogP) is 5.43. The van der Waals surface area contributed by atoms with Crippen LogP contribution in [0.3, 0.4) is 0 Å². The van der Waals surface area contributed by atoms with Gasteiger partial charge in [0.25, 0.3) is 0 Å². The number of carbonyl (C=O) groups is 2. The van der Waals surface area contributed by atoms with E-state index in [1.807, 2.05) is 25.1 Å². The number of carboxylic acids is 1. The Bertz CT molecular complexity index is 1430. The summed E-state index contributed by atoms with van der Waals surface area (Å²) in [6.07, 6.45) is -2.65. The molecule has 6 rings (SSSR count). The molecule has 1 aliphatic carbocycles. The number of amides is 1. The second kappa shape index (κ2) is 8.19. The third-order valence-electron chi connectivity index (χ3n) is 7.21. The van der Waals surface area contributed by atoms with Gasteiger partial charge < -0.3 is 24.6 Å². The molecule has 2 heterocycles. The number of hydrogen-bond acceptors (Lipinski definition) is 5. The second-order valence-corrected chi connectivity index (χ2v) is 9.75. The van der Waals surface area contributed by atoms with Gasteiger partial charge in [-0.05, 0) is 61.2 Å². The van der Waals surface area contributed by atoms with Crippen LogP contribution in [-0.4, -0.2) is 23.3 Å². The average molecular weight is 507 g/mol. The van der Waals surface area contributed by atoms with E-state index >= 15 is 0 Å². The smallest absolute Gasteiger partial charge is 0.485 e. The minimum absolute atomic E-state index is 0.0646. The fourth-order valence-corrected chi connectivity index (χ4v) is 5.12. The Morgan fingerprint density at radius 3 is 2.49 bits per heavy atom. The Morgan fingerprint density at radius 1 is 0.973 bits per heavy atom. The number of carbonyl (C=O) groups excluding carboxylic acids is 1. The lowest BCUT2D eigenvalue weighted by Gasteiger charge is -2.34. The van der Waals surface area contributed by atoms with Crippen LogP contribution >= 0.6 is 0 Å². The summed E-state index contributed by atoms with van der Waals surface area (Å²) in [6, 6.07) is 16.4. The maximum absolute atomic E-state index is 13.7. The highest BCUT2D eigenvalue weighted by molar-refractivity contribution is 5.92. The largest absolute Gasteiger partial charge is 0.586 e. The van der Waals surface area contributed by atoms with Gasteiger partial charge in [-0.15, -0.1) is 8.78 Å². The van der Waals surface area contributed by atoms with E-state index in [0.29, 0.717) is 36.1 Å². The van der Waals surface area contributed by atoms with Crippen LogP contribution in [0.5, 0.6) is 17.2 Å². The summed E-state index contributed by atoms with van der Waals surface area (Å²) in [5.41, 5.74) is 2.43. The molecule has 3 aliphatic rings.